The van der Waals surface area contributed by atoms with Gasteiger partial charge in [-0.2, -0.15) is 0 Å². The van der Waals surface area contributed by atoms with Crippen molar-refractivity contribution in [3.8, 4) is 0 Å². The van der Waals surface area contributed by atoms with E-state index in [1.165, 1.54) is 0 Å². The minimum Gasteiger partial charge on any atom is -0.395 e. The van der Waals surface area contributed by atoms with Crippen LogP contribution in [0, 0.1) is 0 Å². The van der Waals surface area contributed by atoms with Gasteiger partial charge in [-0.25, -0.2) is 4.79 Å². The van der Waals surface area contributed by atoms with E-state index in [0.717, 1.165) is 49.2 Å². The molecule has 2 amide bonds. The summed E-state index contributed by atoms with van der Waals surface area (Å²) in [6.07, 6.45) is 3.15. The molecule has 4 N–H and O–H groups in total. The molecule has 1 heterocycles. The van der Waals surface area contributed by atoms with Crippen molar-refractivity contribution < 1.29 is 15.0 Å². The van der Waals surface area contributed by atoms with Crippen LogP contribution >= 0.6 is 11.6 Å². The van der Waals surface area contributed by atoms with Gasteiger partial charge in [0.15, 0.2) is 0 Å². The number of hydrogen-bond donors (Lipinski definition) is 4. The average Bonchev–Trinajstić information content (AvgIpc) is 2.96. The summed E-state index contributed by atoms with van der Waals surface area (Å²) >= 11 is 6.04. The Bertz CT molecular complexity index is 1090. The van der Waals surface area contributed by atoms with Crippen LogP contribution < -0.4 is 10.6 Å². The topological polar surface area (TPSA) is 84.8 Å². The van der Waals surface area contributed by atoms with Gasteiger partial charge >= 0.3 is 6.03 Å². The zero-order valence-corrected chi connectivity index (χ0v) is 22.5. The highest BCUT2D eigenvalue weighted by atomic mass is 35.5. The van der Waals surface area contributed by atoms with Gasteiger partial charge in [-0.15, -0.1) is 0 Å². The van der Waals surface area contributed by atoms with Gasteiger partial charge in [0.05, 0.1) is 12.2 Å². The van der Waals surface area contributed by atoms with E-state index in [1.54, 1.807) is 0 Å². The summed E-state index contributed by atoms with van der Waals surface area (Å²) in [6.45, 7) is 3.12. The number of piperidine rings is 1. The number of amides is 2. The van der Waals surface area contributed by atoms with Crippen LogP contribution in [0.2, 0.25) is 5.02 Å². The number of rotatable bonds is 11. The maximum atomic E-state index is 12.5. The Hall–Kier alpha value is -2.90. The Morgan fingerprint density at radius 2 is 1.47 bits per heavy atom. The number of aliphatic hydroxyl groups is 2. The van der Waals surface area contributed by atoms with E-state index >= 15 is 0 Å². The molecule has 1 fully saturated rings. The number of likely N-dealkylation sites (tertiary alicyclic amines) is 1. The van der Waals surface area contributed by atoms with E-state index in [9.17, 15) is 9.90 Å². The number of nitrogens with zero attached hydrogens (tertiary/aromatic N) is 1. The molecule has 4 rings (SSSR count). The lowest BCUT2D eigenvalue weighted by Gasteiger charge is -2.40. The average molecular weight is 536 g/mol. The highest BCUT2D eigenvalue weighted by molar-refractivity contribution is 6.30. The number of carbonyl (C=O) groups excluding carboxylic acids is 1. The lowest BCUT2D eigenvalue weighted by molar-refractivity contribution is -0.0262. The van der Waals surface area contributed by atoms with E-state index in [-0.39, 0.29) is 19.2 Å². The fourth-order valence-corrected chi connectivity index (χ4v) is 5.65. The molecule has 1 aliphatic heterocycles. The van der Waals surface area contributed by atoms with Gasteiger partial charge in [0.25, 0.3) is 0 Å². The van der Waals surface area contributed by atoms with Crippen LogP contribution in [-0.2, 0) is 11.0 Å². The fraction of sp³-hybridized carbons (Fsp3) is 0.387. The number of urea groups is 1. The molecule has 3 aromatic carbocycles. The molecule has 0 unspecified atom stereocenters. The predicted molar refractivity (Wildman–Crippen MR) is 152 cm³/mol. The molecule has 0 bridgehead atoms. The molecule has 1 saturated heterocycles. The van der Waals surface area contributed by atoms with Crippen LogP contribution in [0.3, 0.4) is 0 Å². The zero-order valence-electron chi connectivity index (χ0n) is 21.8. The van der Waals surface area contributed by atoms with Gasteiger partial charge in [0, 0.05) is 36.6 Å². The quantitative estimate of drug-likeness (QED) is 0.287. The summed E-state index contributed by atoms with van der Waals surface area (Å²) in [7, 11) is 0. The third-order valence-electron chi connectivity index (χ3n) is 7.74. The maximum absolute atomic E-state index is 12.5. The van der Waals surface area contributed by atoms with Crippen molar-refractivity contribution in [1.29, 1.82) is 0 Å². The Labute approximate surface area is 230 Å². The maximum Gasteiger partial charge on any atom is 0.314 e. The van der Waals surface area contributed by atoms with Crippen LogP contribution in [0.25, 0.3) is 0 Å². The normalized spacial score (nSPS) is 15.7. The highest BCUT2D eigenvalue weighted by Crippen LogP contribution is 2.37. The smallest absolute Gasteiger partial charge is 0.314 e. The summed E-state index contributed by atoms with van der Waals surface area (Å²) in [4.78, 5) is 14.9. The van der Waals surface area contributed by atoms with Gasteiger partial charge < -0.3 is 25.7 Å². The second-order valence-electron chi connectivity index (χ2n) is 10.1. The Kier molecular flexibility index (Phi) is 9.80. The van der Waals surface area contributed by atoms with Crippen LogP contribution in [-0.4, -0.2) is 60.5 Å². The minimum atomic E-state index is -0.815. The summed E-state index contributed by atoms with van der Waals surface area (Å²) in [5.41, 5.74) is 2.03. The van der Waals surface area contributed by atoms with Crippen molar-refractivity contribution in [1.82, 2.24) is 15.5 Å². The molecule has 0 aromatic heterocycles. The van der Waals surface area contributed by atoms with E-state index in [0.29, 0.717) is 24.4 Å². The van der Waals surface area contributed by atoms with E-state index < -0.39 is 11.0 Å². The van der Waals surface area contributed by atoms with E-state index in [4.69, 9.17) is 16.7 Å². The molecule has 7 heteroatoms. The van der Waals surface area contributed by atoms with Crippen molar-refractivity contribution in [2.75, 3.05) is 39.3 Å². The third-order valence-corrected chi connectivity index (χ3v) is 8.00. The first-order chi connectivity index (χ1) is 18.4. The number of aliphatic hydroxyl groups excluding tert-OH is 1. The van der Waals surface area contributed by atoms with Crippen molar-refractivity contribution in [2.24, 2.45) is 0 Å². The van der Waals surface area contributed by atoms with Gasteiger partial charge in [0.2, 0.25) is 0 Å². The minimum absolute atomic E-state index is 0.0983. The fourth-order valence-electron chi connectivity index (χ4n) is 5.53. The van der Waals surface area contributed by atoms with Crippen molar-refractivity contribution in [3.05, 3.63) is 107 Å². The second-order valence-corrected chi connectivity index (χ2v) is 10.6. The van der Waals surface area contributed by atoms with Gasteiger partial charge in [-0.3, -0.25) is 0 Å². The first kappa shape index (κ1) is 28.1. The Balaban J connectivity index is 1.46. The largest absolute Gasteiger partial charge is 0.395 e. The monoisotopic (exact) mass is 535 g/mol. The van der Waals surface area contributed by atoms with Crippen LogP contribution in [0.15, 0.2) is 84.9 Å². The third kappa shape index (κ3) is 6.94. The predicted octanol–water partition coefficient (Wildman–Crippen LogP) is 4.68. The highest BCUT2D eigenvalue weighted by Gasteiger charge is 2.36. The molecular weight excluding hydrogens is 498 g/mol. The first-order valence-corrected chi connectivity index (χ1v) is 13.8. The molecule has 202 valence electrons. The molecule has 1 aliphatic rings. The van der Waals surface area contributed by atoms with Gasteiger partial charge in [-0.1, -0.05) is 84.4 Å². The summed E-state index contributed by atoms with van der Waals surface area (Å²) in [6, 6.07) is 28.0. The molecule has 3 aromatic rings. The molecule has 0 spiro atoms. The zero-order chi connectivity index (χ0) is 26.8. The first-order valence-electron chi connectivity index (χ1n) is 13.4. The van der Waals surface area contributed by atoms with Crippen LogP contribution in [0.5, 0.6) is 0 Å². The number of benzene rings is 3. The van der Waals surface area contributed by atoms with Gasteiger partial charge in [0.1, 0.15) is 0 Å². The number of nitrogens with one attached hydrogen (secondary N) is 2. The van der Waals surface area contributed by atoms with E-state index in [1.807, 2.05) is 60.7 Å². The molecular formula is C31H38ClN3O3. The standard InChI is InChI=1S/C31H38ClN3O3/c32-28-14-12-27(13-15-28)31(38)17-21-35(22-18-31)20-7-16-30(25-8-3-1-4-9-25,26-10-5-2-6-11-26)24-34-29(37)33-19-23-36/h1-6,8-15,36,38H,7,16-24H2,(H2,33,34,37). The van der Waals surface area contributed by atoms with Gasteiger partial charge in [-0.05, 0) is 61.1 Å². The summed E-state index contributed by atoms with van der Waals surface area (Å²) in [5, 5.41) is 26.8. The molecule has 0 atom stereocenters. The number of hydrogen-bond acceptors (Lipinski definition) is 4. The lowest BCUT2D eigenvalue weighted by Crippen LogP contribution is -2.46. The number of carbonyl (C=O) groups is 1. The lowest BCUT2D eigenvalue weighted by atomic mass is 9.71. The molecule has 38 heavy (non-hydrogen) atoms. The van der Waals surface area contributed by atoms with Crippen molar-refractivity contribution >= 4 is 17.6 Å². The van der Waals surface area contributed by atoms with Crippen molar-refractivity contribution in [2.45, 2.75) is 36.7 Å². The molecule has 6 nitrogen and oxygen atoms in total. The molecule has 0 aliphatic carbocycles. The Morgan fingerprint density at radius 1 is 0.895 bits per heavy atom. The van der Waals surface area contributed by atoms with Crippen molar-refractivity contribution in [3.63, 3.8) is 0 Å². The summed E-state index contributed by atoms with van der Waals surface area (Å²) < 4.78 is 0. The van der Waals surface area contributed by atoms with Crippen LogP contribution in [0.1, 0.15) is 42.4 Å². The van der Waals surface area contributed by atoms with E-state index in [2.05, 4.69) is 39.8 Å². The van der Waals surface area contributed by atoms with Crippen LogP contribution in [0.4, 0.5) is 4.79 Å². The SMILES string of the molecule is O=C(NCCO)NCC(CCCN1CCC(O)(c2ccc(Cl)cc2)CC1)(c1ccccc1)c1ccccc1. The second kappa shape index (κ2) is 13.3. The summed E-state index contributed by atoms with van der Waals surface area (Å²) in [5.74, 6) is 0. The molecule has 0 radical (unpaired) electrons. The number of halogens is 1. The Morgan fingerprint density at radius 3 is 2.03 bits per heavy atom. The molecule has 0 saturated carbocycles.